The summed E-state index contributed by atoms with van der Waals surface area (Å²) in [5, 5.41) is 12.8. The molecule has 0 atom stereocenters. The largest absolute Gasteiger partial charge is 0.504 e. The second-order valence-electron chi connectivity index (χ2n) is 6.78. The third-order valence-electron chi connectivity index (χ3n) is 4.48. The molecule has 0 aliphatic rings. The fraction of sp³-hybridized carbons (Fsp3) is 0.391. The number of ketones is 1. The lowest BCUT2D eigenvalue weighted by molar-refractivity contribution is 0.0707. The fourth-order valence-corrected chi connectivity index (χ4v) is 5.75. The number of rotatable bonds is 13. The maximum Gasteiger partial charge on any atom is 0.500 e. The van der Waals surface area contributed by atoms with Crippen LogP contribution in [0.1, 0.15) is 43.1 Å². The van der Waals surface area contributed by atoms with Gasteiger partial charge in [-0.3, -0.25) is 4.79 Å². The summed E-state index contributed by atoms with van der Waals surface area (Å²) >= 11 is 0. The van der Waals surface area contributed by atoms with Crippen LogP contribution in [-0.4, -0.2) is 52.2 Å². The van der Waals surface area contributed by atoms with Crippen molar-refractivity contribution < 1.29 is 32.7 Å². The number of phenolic OH excluding ortho intramolecular Hbond substituents is 1. The van der Waals surface area contributed by atoms with Gasteiger partial charge in [0, 0.05) is 43.5 Å². The number of nitrogens with one attached hydrogen (secondary N) is 1. The molecule has 0 bridgehead atoms. The standard InChI is InChI=1S/C23H31NO7Si/c1-4-28-32(29-5-2,30-6-3)16-10-15-24-23(27)31-21-14-13-19(17-20(21)25)22(26)18-11-8-7-9-12-18/h7-9,11-14,17,25H,4-6,10,15-16H2,1-3H3,(H,24,27). The van der Waals surface area contributed by atoms with E-state index in [1.54, 1.807) is 24.3 Å². The highest BCUT2D eigenvalue weighted by Gasteiger charge is 2.39. The molecule has 0 heterocycles. The van der Waals surface area contributed by atoms with E-state index in [1.807, 2.05) is 26.8 Å². The Hall–Kier alpha value is -2.72. The predicted molar refractivity (Wildman–Crippen MR) is 122 cm³/mol. The van der Waals surface area contributed by atoms with E-state index in [4.69, 9.17) is 18.0 Å². The molecule has 0 aliphatic heterocycles. The van der Waals surface area contributed by atoms with Gasteiger partial charge in [-0.25, -0.2) is 4.79 Å². The van der Waals surface area contributed by atoms with E-state index in [2.05, 4.69) is 5.32 Å². The Morgan fingerprint density at radius 3 is 2.09 bits per heavy atom. The van der Waals surface area contributed by atoms with Gasteiger partial charge in [0.15, 0.2) is 17.3 Å². The third kappa shape index (κ3) is 7.45. The van der Waals surface area contributed by atoms with Gasteiger partial charge in [0.1, 0.15) is 0 Å². The van der Waals surface area contributed by atoms with Crippen molar-refractivity contribution >= 4 is 20.7 Å². The first-order valence-electron chi connectivity index (χ1n) is 10.7. The van der Waals surface area contributed by atoms with Crippen LogP contribution >= 0.6 is 0 Å². The van der Waals surface area contributed by atoms with E-state index < -0.39 is 14.9 Å². The highest BCUT2D eigenvalue weighted by atomic mass is 28.4. The van der Waals surface area contributed by atoms with Crippen LogP contribution < -0.4 is 10.1 Å². The van der Waals surface area contributed by atoms with Crippen molar-refractivity contribution in [2.24, 2.45) is 0 Å². The smallest absolute Gasteiger partial charge is 0.500 e. The Morgan fingerprint density at radius 1 is 0.906 bits per heavy atom. The van der Waals surface area contributed by atoms with Gasteiger partial charge in [-0.05, 0) is 45.4 Å². The van der Waals surface area contributed by atoms with Crippen molar-refractivity contribution in [2.75, 3.05) is 26.4 Å². The first kappa shape index (κ1) is 25.5. The van der Waals surface area contributed by atoms with Gasteiger partial charge in [-0.1, -0.05) is 30.3 Å². The van der Waals surface area contributed by atoms with Crippen molar-refractivity contribution in [3.05, 3.63) is 59.7 Å². The lowest BCUT2D eigenvalue weighted by Crippen LogP contribution is -2.46. The van der Waals surface area contributed by atoms with Crippen molar-refractivity contribution in [3.8, 4) is 11.5 Å². The lowest BCUT2D eigenvalue weighted by atomic mass is 10.0. The summed E-state index contributed by atoms with van der Waals surface area (Å²) < 4.78 is 22.5. The average Bonchev–Trinajstić information content (AvgIpc) is 2.79. The molecular formula is C23H31NO7Si. The van der Waals surface area contributed by atoms with Crippen LogP contribution in [-0.2, 0) is 13.3 Å². The molecule has 32 heavy (non-hydrogen) atoms. The van der Waals surface area contributed by atoms with E-state index in [0.29, 0.717) is 50.0 Å². The molecule has 0 saturated carbocycles. The van der Waals surface area contributed by atoms with Crippen LogP contribution in [0.15, 0.2) is 48.5 Å². The minimum Gasteiger partial charge on any atom is -0.504 e. The number of benzene rings is 2. The van der Waals surface area contributed by atoms with Gasteiger partial charge in [0.25, 0.3) is 0 Å². The molecule has 2 N–H and O–H groups in total. The highest BCUT2D eigenvalue weighted by molar-refractivity contribution is 6.60. The number of hydrogen-bond donors (Lipinski definition) is 2. The molecule has 2 aromatic rings. The Bertz CT molecular complexity index is 859. The number of carbonyl (C=O) groups excluding carboxylic acids is 2. The number of phenols is 1. The predicted octanol–water partition coefficient (Wildman–Crippen LogP) is 4.15. The summed E-state index contributed by atoms with van der Waals surface area (Å²) in [6.45, 7) is 7.46. The first-order valence-corrected chi connectivity index (χ1v) is 12.7. The normalized spacial score (nSPS) is 11.2. The summed E-state index contributed by atoms with van der Waals surface area (Å²) in [7, 11) is -2.76. The van der Waals surface area contributed by atoms with Crippen LogP contribution in [0.25, 0.3) is 0 Å². The summed E-state index contributed by atoms with van der Waals surface area (Å²) in [4.78, 5) is 24.6. The fourth-order valence-electron chi connectivity index (χ4n) is 3.13. The van der Waals surface area contributed by atoms with E-state index in [1.165, 1.54) is 18.2 Å². The number of ether oxygens (including phenoxy) is 1. The van der Waals surface area contributed by atoms with Gasteiger partial charge in [0.2, 0.25) is 0 Å². The number of aromatic hydroxyl groups is 1. The average molecular weight is 462 g/mol. The zero-order valence-corrected chi connectivity index (χ0v) is 19.8. The van der Waals surface area contributed by atoms with E-state index in [0.717, 1.165) is 0 Å². The van der Waals surface area contributed by atoms with Crippen LogP contribution in [0, 0.1) is 0 Å². The van der Waals surface area contributed by atoms with E-state index in [9.17, 15) is 14.7 Å². The molecule has 2 rings (SSSR count). The van der Waals surface area contributed by atoms with Gasteiger partial charge in [0.05, 0.1) is 0 Å². The second kappa shape index (κ2) is 13.0. The van der Waals surface area contributed by atoms with E-state index in [-0.39, 0.29) is 17.3 Å². The summed E-state index contributed by atoms with van der Waals surface area (Å²) in [5.74, 6) is -0.561. The Labute approximate surface area is 189 Å². The third-order valence-corrected chi connectivity index (χ3v) is 7.63. The van der Waals surface area contributed by atoms with Crippen molar-refractivity contribution in [1.29, 1.82) is 0 Å². The molecular weight excluding hydrogens is 430 g/mol. The number of carbonyl (C=O) groups is 2. The minimum atomic E-state index is -2.76. The molecule has 8 nitrogen and oxygen atoms in total. The molecule has 0 saturated heterocycles. The topological polar surface area (TPSA) is 103 Å². The molecule has 1 amide bonds. The molecule has 9 heteroatoms. The lowest BCUT2D eigenvalue weighted by Gasteiger charge is -2.28. The minimum absolute atomic E-state index is 0.0335. The quantitative estimate of drug-likeness (QED) is 0.262. The molecule has 174 valence electrons. The zero-order valence-electron chi connectivity index (χ0n) is 18.8. The first-order chi connectivity index (χ1) is 15.4. The maximum absolute atomic E-state index is 12.5. The van der Waals surface area contributed by atoms with Gasteiger partial charge in [-0.15, -0.1) is 0 Å². The molecule has 0 radical (unpaired) electrons. The van der Waals surface area contributed by atoms with Crippen LogP contribution in [0.4, 0.5) is 4.79 Å². The molecule has 0 aromatic heterocycles. The summed E-state index contributed by atoms with van der Waals surface area (Å²) in [6.07, 6.45) is -0.128. The van der Waals surface area contributed by atoms with Gasteiger partial charge < -0.3 is 28.4 Å². The summed E-state index contributed by atoms with van der Waals surface area (Å²) in [6, 6.07) is 13.5. The molecule has 0 spiro atoms. The van der Waals surface area contributed by atoms with E-state index >= 15 is 0 Å². The van der Waals surface area contributed by atoms with Crippen molar-refractivity contribution in [2.45, 2.75) is 33.2 Å². The SMILES string of the molecule is CCO[Si](CCCNC(=O)Oc1ccc(C(=O)c2ccccc2)cc1O)(OCC)OCC. The van der Waals surface area contributed by atoms with Crippen molar-refractivity contribution in [3.63, 3.8) is 0 Å². The summed E-state index contributed by atoms with van der Waals surface area (Å²) in [5.41, 5.74) is 0.801. The molecule has 0 unspecified atom stereocenters. The Kier molecular flexibility index (Phi) is 10.3. The van der Waals surface area contributed by atoms with Crippen LogP contribution in [0.5, 0.6) is 11.5 Å². The van der Waals surface area contributed by atoms with Crippen LogP contribution in [0.3, 0.4) is 0 Å². The van der Waals surface area contributed by atoms with Crippen molar-refractivity contribution in [1.82, 2.24) is 5.32 Å². The zero-order chi connectivity index (χ0) is 23.4. The van der Waals surface area contributed by atoms with Gasteiger partial charge in [-0.2, -0.15) is 0 Å². The molecule has 0 fully saturated rings. The number of amides is 1. The maximum atomic E-state index is 12.5. The second-order valence-corrected chi connectivity index (χ2v) is 9.51. The molecule has 0 aliphatic carbocycles. The van der Waals surface area contributed by atoms with Crippen LogP contribution in [0.2, 0.25) is 6.04 Å². The monoisotopic (exact) mass is 461 g/mol. The highest BCUT2D eigenvalue weighted by Crippen LogP contribution is 2.28. The number of hydrogen-bond acceptors (Lipinski definition) is 7. The van der Waals surface area contributed by atoms with Gasteiger partial charge >= 0.3 is 14.9 Å². The Balaban J connectivity index is 1.88. The molecule has 2 aromatic carbocycles. The Morgan fingerprint density at radius 2 is 1.53 bits per heavy atom.